The first-order valence-electron chi connectivity index (χ1n) is 6.10. The second kappa shape index (κ2) is 6.06. The predicted octanol–water partition coefficient (Wildman–Crippen LogP) is 1.76. The van der Waals surface area contributed by atoms with Gasteiger partial charge in [0, 0.05) is 0 Å². The number of benzene rings is 2. The van der Waals surface area contributed by atoms with Crippen molar-refractivity contribution in [2.45, 2.75) is 6.10 Å². The Morgan fingerprint density at radius 3 is 2.29 bits per heavy atom. The molecule has 0 bridgehead atoms. The minimum absolute atomic E-state index is 0.0742. The Balaban J connectivity index is 2.21. The summed E-state index contributed by atoms with van der Waals surface area (Å²) in [4.78, 5) is 22.8. The lowest BCUT2D eigenvalue weighted by Crippen LogP contribution is -2.21. The van der Waals surface area contributed by atoms with Crippen LogP contribution in [0.15, 0.2) is 48.5 Å². The molecular weight excluding hydrogens is 274 g/mol. The van der Waals surface area contributed by atoms with Crippen molar-refractivity contribution in [1.29, 1.82) is 0 Å². The van der Waals surface area contributed by atoms with Gasteiger partial charge in [-0.15, -0.1) is 0 Å². The maximum atomic E-state index is 11.9. The maximum absolute atomic E-state index is 11.9. The first-order chi connectivity index (χ1) is 10.0. The summed E-state index contributed by atoms with van der Waals surface area (Å²) in [5.41, 5.74) is -0.0132. The number of para-hydroxylation sites is 1. The van der Waals surface area contributed by atoms with Crippen LogP contribution < -0.4 is 5.32 Å². The molecule has 0 fully saturated rings. The number of amides is 1. The van der Waals surface area contributed by atoms with Crippen LogP contribution in [-0.2, 0) is 4.79 Å². The summed E-state index contributed by atoms with van der Waals surface area (Å²) in [5, 5.41) is 30.9. The van der Waals surface area contributed by atoms with Crippen LogP contribution in [-0.4, -0.2) is 27.2 Å². The molecule has 0 aliphatic carbocycles. The topological polar surface area (TPSA) is 107 Å². The van der Waals surface area contributed by atoms with E-state index in [1.807, 2.05) is 0 Å². The van der Waals surface area contributed by atoms with Gasteiger partial charge in [0.05, 0.1) is 5.69 Å². The van der Waals surface area contributed by atoms with Crippen molar-refractivity contribution in [3.05, 3.63) is 59.7 Å². The molecule has 4 N–H and O–H groups in total. The van der Waals surface area contributed by atoms with E-state index in [0.717, 1.165) is 0 Å². The van der Waals surface area contributed by atoms with E-state index < -0.39 is 23.7 Å². The molecular formula is C15H13NO5. The molecule has 0 saturated heterocycles. The number of anilines is 1. The van der Waals surface area contributed by atoms with E-state index in [2.05, 4.69) is 5.32 Å². The number of hydrogen-bond donors (Lipinski definition) is 4. The Morgan fingerprint density at radius 2 is 1.67 bits per heavy atom. The fourth-order valence-corrected chi connectivity index (χ4v) is 1.80. The molecule has 0 spiro atoms. The van der Waals surface area contributed by atoms with Crippen LogP contribution in [0.4, 0.5) is 5.69 Å². The monoisotopic (exact) mass is 287 g/mol. The largest absolute Gasteiger partial charge is 0.505 e. The summed E-state index contributed by atoms with van der Waals surface area (Å²) in [6, 6.07) is 12.2. The van der Waals surface area contributed by atoms with Crippen LogP contribution in [0.1, 0.15) is 22.0 Å². The average Bonchev–Trinajstić information content (AvgIpc) is 2.49. The van der Waals surface area contributed by atoms with E-state index in [1.165, 1.54) is 18.2 Å². The van der Waals surface area contributed by atoms with Gasteiger partial charge in [-0.05, 0) is 17.7 Å². The molecule has 108 valence electrons. The summed E-state index contributed by atoms with van der Waals surface area (Å²) in [6.07, 6.45) is -1.42. The second-order valence-electron chi connectivity index (χ2n) is 4.31. The van der Waals surface area contributed by atoms with Crippen molar-refractivity contribution in [3.8, 4) is 5.75 Å². The highest BCUT2D eigenvalue weighted by Crippen LogP contribution is 2.28. The standard InChI is InChI=1S/C15H13NO5/c17-12(9-5-2-1-3-6-9)14(19)16-11-8-4-7-10(13(11)18)15(20)21/h1-8,12,17-18H,(H,16,19)(H,20,21). The zero-order chi connectivity index (χ0) is 15.4. The Bertz CT molecular complexity index is 669. The molecule has 2 aromatic rings. The third kappa shape index (κ3) is 3.18. The molecule has 0 saturated carbocycles. The molecule has 1 unspecified atom stereocenters. The highest BCUT2D eigenvalue weighted by Gasteiger charge is 2.20. The molecule has 0 aliphatic rings. The van der Waals surface area contributed by atoms with Crippen LogP contribution in [0.5, 0.6) is 5.75 Å². The highest BCUT2D eigenvalue weighted by molar-refractivity contribution is 5.99. The minimum Gasteiger partial charge on any atom is -0.505 e. The summed E-state index contributed by atoms with van der Waals surface area (Å²) in [5.74, 6) is -2.63. The number of hydrogen-bond acceptors (Lipinski definition) is 4. The van der Waals surface area contributed by atoms with Gasteiger partial charge < -0.3 is 20.6 Å². The number of carboxylic acid groups (broad SMARTS) is 1. The molecule has 21 heavy (non-hydrogen) atoms. The number of aliphatic hydroxyl groups is 1. The van der Waals surface area contributed by atoms with Crippen molar-refractivity contribution >= 4 is 17.6 Å². The first-order valence-corrected chi connectivity index (χ1v) is 6.10. The molecule has 2 rings (SSSR count). The lowest BCUT2D eigenvalue weighted by Gasteiger charge is -2.13. The average molecular weight is 287 g/mol. The number of carboxylic acids is 1. The molecule has 1 amide bonds. The fourth-order valence-electron chi connectivity index (χ4n) is 1.80. The van der Waals surface area contributed by atoms with Crippen molar-refractivity contribution in [3.63, 3.8) is 0 Å². The zero-order valence-corrected chi connectivity index (χ0v) is 10.9. The third-order valence-electron chi connectivity index (χ3n) is 2.89. The Kier molecular flexibility index (Phi) is 4.20. The van der Waals surface area contributed by atoms with Crippen LogP contribution in [0.25, 0.3) is 0 Å². The van der Waals surface area contributed by atoms with Gasteiger partial charge in [-0.1, -0.05) is 36.4 Å². The molecule has 0 aliphatic heterocycles. The van der Waals surface area contributed by atoms with Gasteiger partial charge in [0.15, 0.2) is 11.9 Å². The lowest BCUT2D eigenvalue weighted by molar-refractivity contribution is -0.124. The second-order valence-corrected chi connectivity index (χ2v) is 4.31. The molecule has 6 nitrogen and oxygen atoms in total. The van der Waals surface area contributed by atoms with Crippen molar-refractivity contribution < 1.29 is 24.9 Å². The van der Waals surface area contributed by atoms with Crippen LogP contribution in [0.2, 0.25) is 0 Å². The molecule has 1 atom stereocenters. The van der Waals surface area contributed by atoms with Gasteiger partial charge in [-0.25, -0.2) is 4.79 Å². The molecule has 2 aromatic carbocycles. The SMILES string of the molecule is O=C(O)c1cccc(NC(=O)C(O)c2ccccc2)c1O. The van der Waals surface area contributed by atoms with Crippen molar-refractivity contribution in [1.82, 2.24) is 0 Å². The molecule has 0 aromatic heterocycles. The van der Waals surface area contributed by atoms with E-state index in [4.69, 9.17) is 5.11 Å². The third-order valence-corrected chi connectivity index (χ3v) is 2.89. The van der Waals surface area contributed by atoms with Gasteiger partial charge in [-0.3, -0.25) is 4.79 Å². The molecule has 0 heterocycles. The fraction of sp³-hybridized carbons (Fsp3) is 0.0667. The maximum Gasteiger partial charge on any atom is 0.339 e. The van der Waals surface area contributed by atoms with Crippen LogP contribution in [0.3, 0.4) is 0 Å². The minimum atomic E-state index is -1.42. The number of carbonyl (C=O) groups excluding carboxylic acids is 1. The Morgan fingerprint density at radius 1 is 1.00 bits per heavy atom. The van der Waals surface area contributed by atoms with Gasteiger partial charge in [-0.2, -0.15) is 0 Å². The van der Waals surface area contributed by atoms with Gasteiger partial charge in [0.1, 0.15) is 5.56 Å². The first kappa shape index (κ1) is 14.5. The van der Waals surface area contributed by atoms with Gasteiger partial charge in [0.2, 0.25) is 0 Å². The number of aromatic hydroxyl groups is 1. The van der Waals surface area contributed by atoms with Gasteiger partial charge >= 0.3 is 5.97 Å². The van der Waals surface area contributed by atoms with Crippen molar-refractivity contribution in [2.75, 3.05) is 5.32 Å². The number of nitrogens with one attached hydrogen (secondary N) is 1. The van der Waals surface area contributed by atoms with Crippen molar-refractivity contribution in [2.24, 2.45) is 0 Å². The number of carbonyl (C=O) groups is 2. The quantitative estimate of drug-likeness (QED) is 0.641. The summed E-state index contributed by atoms with van der Waals surface area (Å²) >= 11 is 0. The highest BCUT2D eigenvalue weighted by atomic mass is 16.4. The lowest BCUT2D eigenvalue weighted by atomic mass is 10.1. The number of phenols is 1. The normalized spacial score (nSPS) is 11.7. The van der Waals surface area contributed by atoms with E-state index in [1.54, 1.807) is 30.3 Å². The van der Waals surface area contributed by atoms with Gasteiger partial charge in [0.25, 0.3) is 5.91 Å². The summed E-state index contributed by atoms with van der Waals surface area (Å²) in [6.45, 7) is 0. The predicted molar refractivity (Wildman–Crippen MR) is 75.1 cm³/mol. The van der Waals surface area contributed by atoms with E-state index in [-0.39, 0.29) is 11.3 Å². The Labute approximate surface area is 120 Å². The van der Waals surface area contributed by atoms with Crippen LogP contribution in [0, 0.1) is 0 Å². The van der Waals surface area contributed by atoms with Crippen LogP contribution >= 0.6 is 0 Å². The number of aromatic carboxylic acids is 1. The van der Waals surface area contributed by atoms with E-state index in [0.29, 0.717) is 5.56 Å². The van der Waals surface area contributed by atoms with E-state index >= 15 is 0 Å². The number of aliphatic hydroxyl groups excluding tert-OH is 1. The van der Waals surface area contributed by atoms with E-state index in [9.17, 15) is 19.8 Å². The molecule has 6 heteroatoms. The number of rotatable bonds is 4. The Hall–Kier alpha value is -2.86. The zero-order valence-electron chi connectivity index (χ0n) is 10.9. The summed E-state index contributed by atoms with van der Waals surface area (Å²) < 4.78 is 0. The summed E-state index contributed by atoms with van der Waals surface area (Å²) in [7, 11) is 0. The smallest absolute Gasteiger partial charge is 0.339 e. The molecule has 0 radical (unpaired) electrons.